The molecule has 3 aliphatic heterocycles. The number of ether oxygens (including phenoxy) is 2. The second-order valence-corrected chi connectivity index (χ2v) is 8.04. The second-order valence-electron chi connectivity index (χ2n) is 8.04. The maximum absolute atomic E-state index is 13.7. The third-order valence-electron chi connectivity index (χ3n) is 6.68. The van der Waals surface area contributed by atoms with Crippen LogP contribution < -0.4 is 4.74 Å². The number of fused-ring (bicyclic) bond motifs is 4. The highest BCUT2D eigenvalue weighted by molar-refractivity contribution is 9.08. The van der Waals surface area contributed by atoms with Gasteiger partial charge in [-0.2, -0.15) is 0 Å². The van der Waals surface area contributed by atoms with Crippen LogP contribution in [0.2, 0.25) is 0 Å². The van der Waals surface area contributed by atoms with Crippen LogP contribution in [-0.4, -0.2) is 41.9 Å². The Hall–Kier alpha value is -2.11. The van der Waals surface area contributed by atoms with Crippen molar-refractivity contribution < 1.29 is 14.3 Å². The molecule has 5 heteroatoms. The van der Waals surface area contributed by atoms with Gasteiger partial charge in [0.05, 0.1) is 0 Å². The number of carbonyl (C=O) groups is 1. The van der Waals surface area contributed by atoms with Crippen LogP contribution in [0.3, 0.4) is 0 Å². The molecule has 2 atom stereocenters. The zero-order valence-electron chi connectivity index (χ0n) is 17.7. The molecule has 0 amide bonds. The SMILES string of the molecule is CBr.CCC1(C(=O)OC2CC3C=CC(C2)N3C)c2ccccc2Oc2ccccc21. The van der Waals surface area contributed by atoms with Gasteiger partial charge in [-0.1, -0.05) is 71.4 Å². The lowest BCUT2D eigenvalue weighted by molar-refractivity contribution is -0.158. The predicted molar refractivity (Wildman–Crippen MR) is 122 cm³/mol. The minimum Gasteiger partial charge on any atom is -0.461 e. The Bertz CT molecular complexity index is 895. The van der Waals surface area contributed by atoms with Crippen molar-refractivity contribution >= 4 is 21.9 Å². The van der Waals surface area contributed by atoms with Crippen molar-refractivity contribution in [2.75, 3.05) is 12.9 Å². The largest absolute Gasteiger partial charge is 0.461 e. The first-order valence-electron chi connectivity index (χ1n) is 10.5. The number of rotatable bonds is 3. The van der Waals surface area contributed by atoms with Crippen LogP contribution in [0, 0.1) is 0 Å². The molecule has 3 aliphatic rings. The topological polar surface area (TPSA) is 38.8 Å². The van der Waals surface area contributed by atoms with Gasteiger partial charge < -0.3 is 9.47 Å². The van der Waals surface area contributed by atoms with Gasteiger partial charge >= 0.3 is 5.97 Å². The van der Waals surface area contributed by atoms with Gasteiger partial charge in [0.1, 0.15) is 23.0 Å². The van der Waals surface area contributed by atoms with Crippen molar-refractivity contribution in [1.29, 1.82) is 0 Å². The highest BCUT2D eigenvalue weighted by Crippen LogP contribution is 2.50. The molecule has 0 aromatic heterocycles. The second kappa shape index (κ2) is 8.56. The van der Waals surface area contributed by atoms with Crippen molar-refractivity contribution in [2.24, 2.45) is 0 Å². The molecule has 1 fully saturated rings. The minimum atomic E-state index is -0.832. The number of para-hydroxylation sites is 2. The molecular weight excluding hydrogens is 442 g/mol. The van der Waals surface area contributed by atoms with E-state index in [4.69, 9.17) is 9.47 Å². The number of halogens is 1. The molecule has 2 aromatic rings. The average molecular weight is 470 g/mol. The van der Waals surface area contributed by atoms with Gasteiger partial charge in [0.2, 0.25) is 0 Å². The van der Waals surface area contributed by atoms with E-state index in [1.165, 1.54) is 0 Å². The van der Waals surface area contributed by atoms with E-state index in [1.807, 2.05) is 54.4 Å². The summed E-state index contributed by atoms with van der Waals surface area (Å²) in [5.74, 6) is 3.13. The van der Waals surface area contributed by atoms with Gasteiger partial charge in [-0.25, -0.2) is 0 Å². The fourth-order valence-electron chi connectivity index (χ4n) is 5.07. The predicted octanol–water partition coefficient (Wildman–Crippen LogP) is 5.44. The summed E-state index contributed by atoms with van der Waals surface area (Å²) in [6, 6.07) is 16.4. The summed E-state index contributed by atoms with van der Waals surface area (Å²) in [5, 5.41) is 0. The first-order chi connectivity index (χ1) is 14.6. The molecule has 5 rings (SSSR count). The van der Waals surface area contributed by atoms with E-state index >= 15 is 0 Å². The van der Waals surface area contributed by atoms with Crippen molar-refractivity contribution in [3.8, 4) is 11.5 Å². The van der Waals surface area contributed by atoms with Crippen LogP contribution in [0.1, 0.15) is 37.3 Å². The molecule has 3 heterocycles. The molecule has 2 bridgehead atoms. The van der Waals surface area contributed by atoms with Crippen LogP contribution in [-0.2, 0) is 14.9 Å². The molecule has 0 radical (unpaired) electrons. The molecule has 2 unspecified atom stereocenters. The zero-order valence-corrected chi connectivity index (χ0v) is 19.3. The third kappa shape index (κ3) is 3.28. The van der Waals surface area contributed by atoms with Crippen molar-refractivity contribution in [3.63, 3.8) is 0 Å². The van der Waals surface area contributed by atoms with Crippen molar-refractivity contribution in [2.45, 2.75) is 49.8 Å². The van der Waals surface area contributed by atoms with Gasteiger partial charge in [0, 0.05) is 36.1 Å². The van der Waals surface area contributed by atoms with Crippen LogP contribution in [0.15, 0.2) is 60.7 Å². The zero-order chi connectivity index (χ0) is 21.3. The molecular formula is C25H28BrNO3. The molecule has 30 heavy (non-hydrogen) atoms. The van der Waals surface area contributed by atoms with Crippen LogP contribution >= 0.6 is 15.9 Å². The lowest BCUT2D eigenvalue weighted by Crippen LogP contribution is -2.47. The highest BCUT2D eigenvalue weighted by atomic mass is 79.9. The summed E-state index contributed by atoms with van der Waals surface area (Å²) in [4.78, 5) is 16.1. The minimum absolute atomic E-state index is 0.0562. The summed E-state index contributed by atoms with van der Waals surface area (Å²) in [6.07, 6.45) is 6.77. The quantitative estimate of drug-likeness (QED) is 0.340. The average Bonchev–Trinajstić information content (AvgIpc) is 2.99. The van der Waals surface area contributed by atoms with E-state index in [2.05, 4.69) is 47.0 Å². The Balaban J connectivity index is 0.00000106. The van der Waals surface area contributed by atoms with Crippen LogP contribution in [0.5, 0.6) is 11.5 Å². The first kappa shape index (κ1) is 21.1. The Labute approximate surface area is 187 Å². The number of hydrogen-bond acceptors (Lipinski definition) is 4. The number of benzene rings is 2. The van der Waals surface area contributed by atoms with Crippen LogP contribution in [0.4, 0.5) is 0 Å². The number of hydrogen-bond donors (Lipinski definition) is 0. The number of nitrogens with zero attached hydrogens (tertiary/aromatic N) is 1. The van der Waals surface area contributed by atoms with E-state index in [1.54, 1.807) is 0 Å². The van der Waals surface area contributed by atoms with Gasteiger partial charge in [0.15, 0.2) is 0 Å². The fourth-order valence-corrected chi connectivity index (χ4v) is 5.07. The standard InChI is InChI=1S/C24H25NO3.CH3Br/c1-3-24(23(26)27-18-14-16-12-13-17(15-18)25(16)2)19-8-4-6-10-21(19)28-22-11-7-5-9-20(22)24;1-2/h4-13,16-18H,3,14-15H2,1-2H3;1H3. The number of esters is 1. The van der Waals surface area contributed by atoms with E-state index < -0.39 is 5.41 Å². The van der Waals surface area contributed by atoms with E-state index in [0.717, 1.165) is 35.5 Å². The van der Waals surface area contributed by atoms with Crippen LogP contribution in [0.25, 0.3) is 0 Å². The Morgan fingerprint density at radius 1 is 1.03 bits per heavy atom. The summed E-state index contributed by atoms with van der Waals surface area (Å²) in [5.41, 5.74) is 0.965. The molecule has 158 valence electrons. The molecule has 0 aliphatic carbocycles. The van der Waals surface area contributed by atoms with E-state index in [9.17, 15) is 4.79 Å². The number of carbonyl (C=O) groups excluding carboxylic acids is 1. The lowest BCUT2D eigenvalue weighted by Gasteiger charge is -2.40. The highest BCUT2D eigenvalue weighted by Gasteiger charge is 2.49. The molecule has 0 saturated carbocycles. The maximum atomic E-state index is 13.7. The molecule has 4 nitrogen and oxygen atoms in total. The molecule has 0 N–H and O–H groups in total. The van der Waals surface area contributed by atoms with E-state index in [-0.39, 0.29) is 12.1 Å². The van der Waals surface area contributed by atoms with Crippen molar-refractivity contribution in [3.05, 3.63) is 71.8 Å². The monoisotopic (exact) mass is 469 g/mol. The summed E-state index contributed by atoms with van der Waals surface area (Å²) >= 11 is 2.94. The smallest absolute Gasteiger partial charge is 0.321 e. The van der Waals surface area contributed by atoms with Gasteiger partial charge in [-0.15, -0.1) is 0 Å². The normalized spacial score (nSPS) is 25.3. The molecule has 1 saturated heterocycles. The number of likely N-dealkylation sites (N-methyl/N-ethyl adjacent to an activating group) is 1. The molecule has 0 spiro atoms. The molecule has 2 aromatic carbocycles. The number of piperidine rings is 1. The summed E-state index contributed by atoms with van der Waals surface area (Å²) in [6.45, 7) is 2.06. The summed E-state index contributed by atoms with van der Waals surface area (Å²) < 4.78 is 12.3. The fraction of sp³-hybridized carbons (Fsp3) is 0.400. The first-order valence-corrected chi connectivity index (χ1v) is 12.1. The number of alkyl halides is 1. The maximum Gasteiger partial charge on any atom is 0.321 e. The summed E-state index contributed by atoms with van der Waals surface area (Å²) in [7, 11) is 2.14. The Morgan fingerprint density at radius 2 is 1.53 bits per heavy atom. The Kier molecular flexibility index (Phi) is 6.03. The van der Waals surface area contributed by atoms with E-state index in [0.29, 0.717) is 18.5 Å². The Morgan fingerprint density at radius 3 is 2.03 bits per heavy atom. The van der Waals surface area contributed by atoms with Crippen molar-refractivity contribution in [1.82, 2.24) is 4.90 Å². The third-order valence-corrected chi connectivity index (χ3v) is 6.68. The van der Waals surface area contributed by atoms with Gasteiger partial charge in [0.25, 0.3) is 0 Å². The van der Waals surface area contributed by atoms with Gasteiger partial charge in [-0.3, -0.25) is 9.69 Å². The van der Waals surface area contributed by atoms with Gasteiger partial charge in [-0.05, 0) is 31.4 Å². The lowest BCUT2D eigenvalue weighted by atomic mass is 9.70.